The number of carbonyl (C=O) groups excluding carboxylic acids is 1. The van der Waals surface area contributed by atoms with Crippen LogP contribution in [0.4, 0.5) is 4.79 Å². The van der Waals surface area contributed by atoms with Gasteiger partial charge in [-0.15, -0.1) is 0 Å². The zero-order valence-corrected chi connectivity index (χ0v) is 11.4. The number of nitrogens with one attached hydrogen (secondary N) is 1. The fourth-order valence-electron chi connectivity index (χ4n) is 2.45. The number of carbonyl (C=O) groups is 2. The van der Waals surface area contributed by atoms with Gasteiger partial charge in [0.15, 0.2) is 0 Å². The number of aliphatic carboxylic acids is 1. The number of sulfone groups is 1. The monoisotopic (exact) mass is 290 g/mol. The van der Waals surface area contributed by atoms with Crippen molar-refractivity contribution in [2.45, 2.75) is 25.3 Å². The van der Waals surface area contributed by atoms with E-state index in [2.05, 4.69) is 5.32 Å². The van der Waals surface area contributed by atoms with E-state index in [-0.39, 0.29) is 30.1 Å². The molecule has 1 atom stereocenters. The first-order valence-electron chi connectivity index (χ1n) is 6.36. The van der Waals surface area contributed by atoms with Crippen LogP contribution in [0.2, 0.25) is 0 Å². The highest BCUT2D eigenvalue weighted by Gasteiger charge is 2.32. The van der Waals surface area contributed by atoms with Crippen LogP contribution in [0.3, 0.4) is 0 Å². The first kappa shape index (κ1) is 14.1. The lowest BCUT2D eigenvalue weighted by Crippen LogP contribution is -2.46. The average molecular weight is 290 g/mol. The molecule has 0 spiro atoms. The van der Waals surface area contributed by atoms with Crippen LogP contribution in [0.1, 0.15) is 19.3 Å². The Morgan fingerprint density at radius 1 is 1.16 bits per heavy atom. The predicted molar refractivity (Wildman–Crippen MR) is 67.5 cm³/mol. The molecule has 108 valence electrons. The van der Waals surface area contributed by atoms with Gasteiger partial charge in [-0.3, -0.25) is 4.79 Å². The zero-order valence-electron chi connectivity index (χ0n) is 10.5. The Morgan fingerprint density at radius 3 is 2.32 bits per heavy atom. The lowest BCUT2D eigenvalue weighted by molar-refractivity contribution is -0.141. The third-order valence-corrected chi connectivity index (χ3v) is 5.42. The lowest BCUT2D eigenvalue weighted by atomic mass is 10.1. The minimum Gasteiger partial charge on any atom is -0.481 e. The van der Waals surface area contributed by atoms with E-state index in [0.717, 1.165) is 0 Å². The van der Waals surface area contributed by atoms with Crippen molar-refractivity contribution in [2.75, 3.05) is 24.6 Å². The normalized spacial score (nSPS) is 27.2. The lowest BCUT2D eigenvalue weighted by Gasteiger charge is -2.26. The van der Waals surface area contributed by atoms with E-state index >= 15 is 0 Å². The van der Waals surface area contributed by atoms with E-state index in [1.807, 2.05) is 0 Å². The number of hydrogen-bond acceptors (Lipinski definition) is 4. The number of amides is 2. The van der Waals surface area contributed by atoms with Crippen molar-refractivity contribution in [1.29, 1.82) is 0 Å². The Labute approximate surface area is 111 Å². The maximum Gasteiger partial charge on any atom is 0.317 e. The van der Waals surface area contributed by atoms with E-state index in [4.69, 9.17) is 5.11 Å². The summed E-state index contributed by atoms with van der Waals surface area (Å²) in [6, 6.07) is -0.409. The molecule has 7 nitrogen and oxygen atoms in total. The summed E-state index contributed by atoms with van der Waals surface area (Å²) in [5, 5.41) is 11.7. The second-order valence-electron chi connectivity index (χ2n) is 5.15. The molecule has 2 aliphatic heterocycles. The third-order valence-electron chi connectivity index (χ3n) is 3.71. The molecule has 0 aromatic heterocycles. The van der Waals surface area contributed by atoms with Crippen LogP contribution in [0, 0.1) is 5.92 Å². The summed E-state index contributed by atoms with van der Waals surface area (Å²) in [6.07, 6.45) is 1.34. The van der Waals surface area contributed by atoms with Gasteiger partial charge in [0.05, 0.1) is 17.4 Å². The molecule has 0 radical (unpaired) electrons. The Balaban J connectivity index is 1.81. The molecule has 0 aromatic rings. The van der Waals surface area contributed by atoms with Crippen molar-refractivity contribution in [3.05, 3.63) is 0 Å². The SMILES string of the molecule is O=C(O)C1CCN(C(=O)NC2CCS(=O)(=O)CC2)C1. The van der Waals surface area contributed by atoms with Gasteiger partial charge in [-0.2, -0.15) is 0 Å². The maximum absolute atomic E-state index is 11.9. The topological polar surface area (TPSA) is 104 Å². The van der Waals surface area contributed by atoms with Gasteiger partial charge in [0.25, 0.3) is 0 Å². The largest absolute Gasteiger partial charge is 0.481 e. The smallest absolute Gasteiger partial charge is 0.317 e. The van der Waals surface area contributed by atoms with Crippen molar-refractivity contribution in [3.63, 3.8) is 0 Å². The van der Waals surface area contributed by atoms with Crippen LogP contribution in [-0.4, -0.2) is 61.1 Å². The summed E-state index contributed by atoms with van der Waals surface area (Å²) in [5.41, 5.74) is 0. The van der Waals surface area contributed by atoms with Gasteiger partial charge in [0, 0.05) is 19.1 Å². The summed E-state index contributed by atoms with van der Waals surface area (Å²) >= 11 is 0. The molecule has 2 saturated heterocycles. The molecule has 2 amide bonds. The van der Waals surface area contributed by atoms with Crippen LogP contribution in [0.15, 0.2) is 0 Å². The molecule has 2 fully saturated rings. The molecule has 2 heterocycles. The molecule has 0 aliphatic carbocycles. The number of hydrogen-bond donors (Lipinski definition) is 2. The van der Waals surface area contributed by atoms with E-state index in [1.165, 1.54) is 4.90 Å². The Morgan fingerprint density at radius 2 is 1.79 bits per heavy atom. The Bertz CT molecular complexity index is 461. The van der Waals surface area contributed by atoms with E-state index in [9.17, 15) is 18.0 Å². The van der Waals surface area contributed by atoms with Gasteiger partial charge in [0.2, 0.25) is 0 Å². The van der Waals surface area contributed by atoms with Crippen LogP contribution in [0.5, 0.6) is 0 Å². The fraction of sp³-hybridized carbons (Fsp3) is 0.818. The highest BCUT2D eigenvalue weighted by atomic mass is 32.2. The van der Waals surface area contributed by atoms with Gasteiger partial charge in [0.1, 0.15) is 9.84 Å². The van der Waals surface area contributed by atoms with Gasteiger partial charge in [-0.1, -0.05) is 0 Å². The molecule has 2 rings (SSSR count). The molecule has 0 aromatic carbocycles. The molecule has 1 unspecified atom stereocenters. The standard InChI is InChI=1S/C11H18N2O5S/c14-10(15)8-1-4-13(7-8)11(16)12-9-2-5-19(17,18)6-3-9/h8-9H,1-7H2,(H,12,16)(H,14,15). The summed E-state index contributed by atoms with van der Waals surface area (Å²) in [4.78, 5) is 24.2. The number of nitrogens with zero attached hydrogens (tertiary/aromatic N) is 1. The van der Waals surface area contributed by atoms with Gasteiger partial charge in [-0.25, -0.2) is 13.2 Å². The molecule has 0 bridgehead atoms. The molecular weight excluding hydrogens is 272 g/mol. The predicted octanol–water partition coefficient (Wildman–Crippen LogP) is -0.320. The number of urea groups is 1. The van der Waals surface area contributed by atoms with Crippen LogP contribution in [-0.2, 0) is 14.6 Å². The van der Waals surface area contributed by atoms with E-state index < -0.39 is 21.7 Å². The maximum atomic E-state index is 11.9. The number of carboxylic acid groups (broad SMARTS) is 1. The first-order valence-corrected chi connectivity index (χ1v) is 8.18. The van der Waals surface area contributed by atoms with E-state index in [0.29, 0.717) is 25.8 Å². The van der Waals surface area contributed by atoms with Crippen molar-refractivity contribution < 1.29 is 23.1 Å². The van der Waals surface area contributed by atoms with Crippen molar-refractivity contribution in [1.82, 2.24) is 10.2 Å². The minimum absolute atomic E-state index is 0.107. The molecular formula is C11H18N2O5S. The second kappa shape index (κ2) is 5.36. The van der Waals surface area contributed by atoms with Crippen LogP contribution in [0.25, 0.3) is 0 Å². The number of rotatable bonds is 2. The zero-order chi connectivity index (χ0) is 14.0. The first-order chi connectivity index (χ1) is 8.87. The molecule has 0 saturated carbocycles. The van der Waals surface area contributed by atoms with Gasteiger partial charge in [-0.05, 0) is 19.3 Å². The highest BCUT2D eigenvalue weighted by molar-refractivity contribution is 7.91. The summed E-state index contributed by atoms with van der Waals surface area (Å²) in [7, 11) is -2.93. The molecule has 2 N–H and O–H groups in total. The summed E-state index contributed by atoms with van der Waals surface area (Å²) < 4.78 is 22.5. The van der Waals surface area contributed by atoms with Crippen molar-refractivity contribution in [3.8, 4) is 0 Å². The minimum atomic E-state index is -2.93. The average Bonchev–Trinajstić information content (AvgIpc) is 2.81. The Hall–Kier alpha value is -1.31. The van der Waals surface area contributed by atoms with Crippen LogP contribution >= 0.6 is 0 Å². The summed E-state index contributed by atoms with van der Waals surface area (Å²) in [5.74, 6) is -1.15. The number of carboxylic acids is 1. The summed E-state index contributed by atoms with van der Waals surface area (Å²) in [6.45, 7) is 0.667. The molecule has 19 heavy (non-hydrogen) atoms. The van der Waals surface area contributed by atoms with Gasteiger partial charge < -0.3 is 15.3 Å². The van der Waals surface area contributed by atoms with Crippen molar-refractivity contribution >= 4 is 21.8 Å². The Kier molecular flexibility index (Phi) is 3.98. The second-order valence-corrected chi connectivity index (χ2v) is 7.45. The highest BCUT2D eigenvalue weighted by Crippen LogP contribution is 2.17. The number of likely N-dealkylation sites (tertiary alicyclic amines) is 1. The quantitative estimate of drug-likeness (QED) is 0.725. The fourth-order valence-corrected chi connectivity index (χ4v) is 3.94. The molecule has 2 aliphatic rings. The third kappa shape index (κ3) is 3.59. The van der Waals surface area contributed by atoms with Crippen molar-refractivity contribution in [2.24, 2.45) is 5.92 Å². The van der Waals surface area contributed by atoms with Gasteiger partial charge >= 0.3 is 12.0 Å². The van der Waals surface area contributed by atoms with E-state index in [1.54, 1.807) is 0 Å². The van der Waals surface area contributed by atoms with Crippen LogP contribution < -0.4 is 5.32 Å². The molecule has 8 heteroatoms.